The maximum absolute atomic E-state index is 14.0. The van der Waals surface area contributed by atoms with Crippen molar-refractivity contribution in [2.75, 3.05) is 56.7 Å². The Bertz CT molecular complexity index is 1670. The topological polar surface area (TPSA) is 185 Å². The number of ether oxygens (including phenoxy) is 1. The van der Waals surface area contributed by atoms with Crippen LogP contribution < -0.4 is 26.0 Å². The van der Waals surface area contributed by atoms with Crippen molar-refractivity contribution in [3.8, 4) is 28.4 Å². The Kier molecular flexibility index (Phi) is 11.9. The lowest BCUT2D eigenvalue weighted by Crippen LogP contribution is -2.50. The highest BCUT2D eigenvalue weighted by molar-refractivity contribution is 6.17. The maximum Gasteiger partial charge on any atom is 0.251 e. The average molecular weight is 690 g/mol. The number of halogens is 1. The van der Waals surface area contributed by atoms with Gasteiger partial charge in [-0.05, 0) is 92.2 Å². The van der Waals surface area contributed by atoms with Crippen LogP contribution in [0.3, 0.4) is 0 Å². The number of nitrogens with two attached hydrogens (primary N) is 2. The minimum absolute atomic E-state index is 0. The van der Waals surface area contributed by atoms with Gasteiger partial charge >= 0.3 is 0 Å². The van der Waals surface area contributed by atoms with Gasteiger partial charge in [0.15, 0.2) is 0 Å². The van der Waals surface area contributed by atoms with Crippen LogP contribution in [0.25, 0.3) is 22.5 Å². The van der Waals surface area contributed by atoms with E-state index in [-0.39, 0.29) is 30.7 Å². The quantitative estimate of drug-likeness (QED) is 0.221. The summed E-state index contributed by atoms with van der Waals surface area (Å²) < 4.78 is 5.65. The molecule has 5 N–H and O–H groups in total. The molecule has 1 saturated carbocycles. The third-order valence-corrected chi connectivity index (χ3v) is 9.46. The highest BCUT2D eigenvalue weighted by Gasteiger charge is 2.35. The van der Waals surface area contributed by atoms with Crippen LogP contribution in [-0.2, 0) is 16.0 Å². The van der Waals surface area contributed by atoms with Crippen molar-refractivity contribution in [3.63, 3.8) is 0 Å². The number of aromatic amines is 1. The molecule has 260 valence electrons. The van der Waals surface area contributed by atoms with E-state index in [0.29, 0.717) is 54.2 Å². The number of nitrogens with zero attached hydrogens (tertiary/aromatic N) is 8. The molecule has 2 aromatic heterocycles. The fraction of sp³-hybridized carbons (Fsp3) is 0.441. The molecule has 1 atom stereocenters. The largest absolute Gasteiger partial charge is 0.480 e. The number of anilines is 2. The minimum atomic E-state index is -0.946. The fourth-order valence-corrected chi connectivity index (χ4v) is 6.43. The molecular formula is C34H44ClN11O3. The molecule has 3 heterocycles. The van der Waals surface area contributed by atoms with Gasteiger partial charge in [-0.15, -0.1) is 22.6 Å². The van der Waals surface area contributed by atoms with Crippen molar-refractivity contribution in [1.82, 2.24) is 35.5 Å². The van der Waals surface area contributed by atoms with Gasteiger partial charge in [-0.2, -0.15) is 10.2 Å². The summed E-state index contributed by atoms with van der Waals surface area (Å²) in [6, 6.07) is 13.8. The van der Waals surface area contributed by atoms with Crippen LogP contribution in [0.2, 0.25) is 0 Å². The molecule has 49 heavy (non-hydrogen) atoms. The lowest BCUT2D eigenvalue weighted by atomic mass is 9.81. The van der Waals surface area contributed by atoms with Gasteiger partial charge in [-0.25, -0.2) is 9.88 Å². The third-order valence-electron chi connectivity index (χ3n) is 9.46. The summed E-state index contributed by atoms with van der Waals surface area (Å²) in [7, 11) is 3.71. The van der Waals surface area contributed by atoms with E-state index < -0.39 is 11.9 Å². The van der Waals surface area contributed by atoms with Crippen molar-refractivity contribution < 1.29 is 14.3 Å². The molecule has 2 aliphatic rings. The monoisotopic (exact) mass is 689 g/mol. The van der Waals surface area contributed by atoms with Crippen molar-refractivity contribution in [3.05, 3.63) is 60.3 Å². The van der Waals surface area contributed by atoms with Gasteiger partial charge in [0.25, 0.3) is 5.91 Å². The molecule has 2 fully saturated rings. The minimum Gasteiger partial charge on any atom is -0.480 e. The van der Waals surface area contributed by atoms with E-state index in [0.717, 1.165) is 55.7 Å². The molecule has 0 spiro atoms. The summed E-state index contributed by atoms with van der Waals surface area (Å²) in [5.74, 6) is 1.01. The number of carbonyl (C=O) groups excluding carboxylic acids is 2. The van der Waals surface area contributed by atoms with Gasteiger partial charge in [0, 0.05) is 43.9 Å². The number of H-pyrrole nitrogens is 1. The Morgan fingerprint density at radius 2 is 1.67 bits per heavy atom. The van der Waals surface area contributed by atoms with Gasteiger partial charge in [0.1, 0.15) is 0 Å². The Morgan fingerprint density at radius 3 is 2.29 bits per heavy atom. The third kappa shape index (κ3) is 8.21. The molecule has 1 aliphatic heterocycles. The van der Waals surface area contributed by atoms with Gasteiger partial charge in [0.2, 0.25) is 23.6 Å². The fourth-order valence-electron chi connectivity index (χ4n) is 6.43. The summed E-state index contributed by atoms with van der Waals surface area (Å²) in [5, 5.41) is 14.1. The Morgan fingerprint density at radius 1 is 1.00 bits per heavy atom. The van der Waals surface area contributed by atoms with Crippen molar-refractivity contribution >= 4 is 35.9 Å². The lowest BCUT2D eigenvalue weighted by molar-refractivity contribution is -0.130. The SMILES string of the molecule is COc1nc(N2CCN(C)CC2)ncc1-c1ccc(C[C@H](N)C(=O)N(c2ccc(-c3nn[nH]n3)cc2)C(=O)[C@H]2CC[C@H](CN)CC2)cc1.Cl. The molecule has 15 heteroatoms. The number of benzene rings is 2. The zero-order valence-electron chi connectivity index (χ0n) is 27.9. The number of likely N-dealkylation sites (N-methyl/N-ethyl adjacent to an activating group) is 1. The van der Waals surface area contributed by atoms with Gasteiger partial charge < -0.3 is 26.0 Å². The number of aromatic nitrogens is 6. The number of piperazine rings is 1. The van der Waals surface area contributed by atoms with Crippen LogP contribution >= 0.6 is 12.4 Å². The first kappa shape index (κ1) is 35.8. The number of hydrogen-bond donors (Lipinski definition) is 3. The van der Waals surface area contributed by atoms with Crippen LogP contribution in [0.5, 0.6) is 5.88 Å². The summed E-state index contributed by atoms with van der Waals surface area (Å²) in [5.41, 5.74) is 16.1. The first-order valence-corrected chi connectivity index (χ1v) is 16.5. The van der Waals surface area contributed by atoms with E-state index in [2.05, 4.69) is 42.5 Å². The first-order chi connectivity index (χ1) is 23.3. The van der Waals surface area contributed by atoms with E-state index in [4.69, 9.17) is 21.2 Å². The van der Waals surface area contributed by atoms with Gasteiger partial charge in [0.05, 0.1) is 24.4 Å². The van der Waals surface area contributed by atoms with Crippen molar-refractivity contribution in [2.24, 2.45) is 23.3 Å². The summed E-state index contributed by atoms with van der Waals surface area (Å²) >= 11 is 0. The molecule has 0 radical (unpaired) electrons. The summed E-state index contributed by atoms with van der Waals surface area (Å²) in [6.45, 7) is 4.23. The number of tetrazole rings is 1. The molecule has 2 aromatic carbocycles. The number of carbonyl (C=O) groups is 2. The van der Waals surface area contributed by atoms with Gasteiger partial charge in [-0.3, -0.25) is 9.59 Å². The number of imide groups is 1. The summed E-state index contributed by atoms with van der Waals surface area (Å²) in [4.78, 5) is 43.0. The molecular weight excluding hydrogens is 646 g/mol. The number of rotatable bonds is 10. The van der Waals surface area contributed by atoms with Crippen LogP contribution in [0.15, 0.2) is 54.7 Å². The van der Waals surface area contributed by atoms with Crippen LogP contribution in [0, 0.1) is 11.8 Å². The molecule has 14 nitrogen and oxygen atoms in total. The standard InChI is InChI=1S/C34H43N11O3.ClH/c1-43-15-17-44(18-16-43)34-37-21-28(31(38-34)48-2)24-7-3-22(4-8-24)19-29(36)33(47)45(32(46)26-9-5-23(20-35)6-10-26)27-13-11-25(12-14-27)30-39-41-42-40-30;/h3-4,7-8,11-14,21,23,26,29H,5-6,9-10,15-20,35-36H2,1-2H3,(H,39,40,41,42);1H/t23-,26-,29-;/m0./s1. The Labute approximate surface area is 292 Å². The second-order valence-corrected chi connectivity index (χ2v) is 12.6. The molecule has 0 unspecified atom stereocenters. The van der Waals surface area contributed by atoms with E-state index in [9.17, 15) is 9.59 Å². The average Bonchev–Trinajstić information content (AvgIpc) is 3.68. The molecule has 0 bridgehead atoms. The molecule has 6 rings (SSSR count). The highest BCUT2D eigenvalue weighted by Crippen LogP contribution is 2.33. The van der Waals surface area contributed by atoms with Crippen molar-refractivity contribution in [2.45, 2.75) is 38.1 Å². The van der Waals surface area contributed by atoms with Crippen LogP contribution in [0.4, 0.5) is 11.6 Å². The first-order valence-electron chi connectivity index (χ1n) is 16.5. The number of methoxy groups -OCH3 is 1. The maximum atomic E-state index is 14.0. The van der Waals surface area contributed by atoms with Gasteiger partial charge in [-0.1, -0.05) is 24.3 Å². The Hall–Kier alpha value is -4.50. The summed E-state index contributed by atoms with van der Waals surface area (Å²) in [6.07, 6.45) is 5.13. The van der Waals surface area contributed by atoms with Crippen molar-refractivity contribution in [1.29, 1.82) is 0 Å². The van der Waals surface area contributed by atoms with E-state index in [1.54, 1.807) is 37.6 Å². The smallest absolute Gasteiger partial charge is 0.251 e. The van der Waals surface area contributed by atoms with Crippen LogP contribution in [-0.4, -0.2) is 100 Å². The lowest BCUT2D eigenvalue weighted by Gasteiger charge is -2.32. The number of hydrogen-bond acceptors (Lipinski definition) is 12. The number of nitrogens with one attached hydrogen (secondary N) is 1. The Balaban J connectivity index is 0.00000468. The predicted molar refractivity (Wildman–Crippen MR) is 189 cm³/mol. The molecule has 1 saturated heterocycles. The molecule has 4 aromatic rings. The normalized spacial score (nSPS) is 18.7. The van der Waals surface area contributed by atoms with E-state index >= 15 is 0 Å². The predicted octanol–water partition coefficient (Wildman–Crippen LogP) is 2.70. The highest BCUT2D eigenvalue weighted by atomic mass is 35.5. The number of amides is 2. The molecule has 2 amide bonds. The van der Waals surface area contributed by atoms with E-state index in [1.807, 2.05) is 24.3 Å². The zero-order valence-corrected chi connectivity index (χ0v) is 28.7. The van der Waals surface area contributed by atoms with E-state index in [1.165, 1.54) is 4.90 Å². The van der Waals surface area contributed by atoms with Crippen LogP contribution in [0.1, 0.15) is 31.2 Å². The molecule has 1 aliphatic carbocycles. The second-order valence-electron chi connectivity index (χ2n) is 12.6. The zero-order chi connectivity index (χ0) is 33.6. The second kappa shape index (κ2) is 16.3.